The number of benzene rings is 3. The summed E-state index contributed by atoms with van der Waals surface area (Å²) in [5.74, 6) is -0.313. The van der Waals surface area contributed by atoms with Crippen molar-refractivity contribution in [2.24, 2.45) is 0 Å². The fourth-order valence-corrected chi connectivity index (χ4v) is 3.63. The average molecular weight is 461 g/mol. The van der Waals surface area contributed by atoms with Crippen LogP contribution >= 0.6 is 12.2 Å². The Bertz CT molecular complexity index is 1230. The number of hydrogen-bond acceptors (Lipinski definition) is 6. The molecular formula is C24H19N3O5S. The number of ether oxygens (including phenoxy) is 2. The quantitative estimate of drug-likeness (QED) is 0.442. The smallest absolute Gasteiger partial charge is 0.266 e. The number of amides is 3. The van der Waals surface area contributed by atoms with Crippen LogP contribution in [0.3, 0.4) is 0 Å². The molecule has 2 N–H and O–H groups in total. The number of imide groups is 1. The Morgan fingerprint density at radius 2 is 1.45 bits per heavy atom. The van der Waals surface area contributed by atoms with Gasteiger partial charge in [0, 0.05) is 17.3 Å². The number of methoxy groups -OCH3 is 2. The van der Waals surface area contributed by atoms with Crippen LogP contribution in [0.15, 0.2) is 66.7 Å². The molecule has 0 spiro atoms. The maximum atomic E-state index is 12.7. The van der Waals surface area contributed by atoms with Crippen LogP contribution in [-0.2, 0) is 0 Å². The first-order valence-electron chi connectivity index (χ1n) is 9.84. The third-order valence-corrected chi connectivity index (χ3v) is 5.20. The number of anilines is 2. The van der Waals surface area contributed by atoms with Crippen LogP contribution < -0.4 is 25.0 Å². The molecule has 1 aliphatic rings. The molecule has 33 heavy (non-hydrogen) atoms. The van der Waals surface area contributed by atoms with Gasteiger partial charge in [0.25, 0.3) is 17.7 Å². The number of fused-ring (bicyclic) bond motifs is 1. The highest BCUT2D eigenvalue weighted by molar-refractivity contribution is 7.80. The van der Waals surface area contributed by atoms with E-state index in [0.717, 1.165) is 4.90 Å². The first-order valence-corrected chi connectivity index (χ1v) is 10.3. The van der Waals surface area contributed by atoms with Crippen LogP contribution in [0.4, 0.5) is 11.4 Å². The Balaban J connectivity index is 1.48. The minimum absolute atomic E-state index is 0.0429. The molecule has 0 aromatic heterocycles. The highest BCUT2D eigenvalue weighted by Crippen LogP contribution is 2.29. The van der Waals surface area contributed by atoms with E-state index in [4.69, 9.17) is 21.7 Å². The van der Waals surface area contributed by atoms with E-state index in [1.807, 2.05) is 0 Å². The standard InChI is InChI=1S/C24H19N3O5S/c1-31-17-10-14(11-18(13-17)32-2)21(28)26-24(33)25-15-6-5-7-16(12-15)27-22(29)19-8-3-4-9-20(19)23(27)30/h3-13H,1-2H3,(H2,25,26,28,33). The molecule has 0 saturated carbocycles. The van der Waals surface area contributed by atoms with Crippen LogP contribution in [0.5, 0.6) is 11.5 Å². The number of nitrogens with one attached hydrogen (secondary N) is 2. The number of carbonyl (C=O) groups is 3. The lowest BCUT2D eigenvalue weighted by atomic mass is 10.1. The molecule has 0 saturated heterocycles. The van der Waals surface area contributed by atoms with Gasteiger partial charge in [0.05, 0.1) is 31.0 Å². The molecule has 3 aromatic rings. The van der Waals surface area contributed by atoms with E-state index < -0.39 is 17.7 Å². The van der Waals surface area contributed by atoms with Crippen molar-refractivity contribution in [3.05, 3.63) is 83.4 Å². The number of rotatable bonds is 5. The molecule has 0 radical (unpaired) electrons. The number of hydrogen-bond donors (Lipinski definition) is 2. The molecule has 3 amide bonds. The monoisotopic (exact) mass is 461 g/mol. The zero-order chi connectivity index (χ0) is 23.5. The molecule has 1 aliphatic heterocycles. The van der Waals surface area contributed by atoms with Gasteiger partial charge in [-0.15, -0.1) is 0 Å². The second-order valence-corrected chi connectivity index (χ2v) is 7.46. The van der Waals surface area contributed by atoms with Crippen LogP contribution in [0.1, 0.15) is 31.1 Å². The topological polar surface area (TPSA) is 97.0 Å². The SMILES string of the molecule is COc1cc(OC)cc(C(=O)NC(=S)Nc2cccc(N3C(=O)c4ccccc4C3=O)c2)c1. The Kier molecular flexibility index (Phi) is 6.05. The molecule has 0 fully saturated rings. The van der Waals surface area contributed by atoms with E-state index in [2.05, 4.69) is 10.6 Å². The van der Waals surface area contributed by atoms with Gasteiger partial charge in [-0.2, -0.15) is 0 Å². The molecule has 166 valence electrons. The molecule has 1 heterocycles. The van der Waals surface area contributed by atoms with Crippen molar-refractivity contribution in [2.75, 3.05) is 24.4 Å². The molecule has 3 aromatic carbocycles. The summed E-state index contributed by atoms with van der Waals surface area (Å²) in [6.07, 6.45) is 0. The summed E-state index contributed by atoms with van der Waals surface area (Å²) in [7, 11) is 2.98. The van der Waals surface area contributed by atoms with Gasteiger partial charge in [0.2, 0.25) is 0 Å². The minimum atomic E-state index is -0.457. The number of nitrogens with zero attached hydrogens (tertiary/aromatic N) is 1. The summed E-state index contributed by atoms with van der Waals surface area (Å²) in [6.45, 7) is 0. The van der Waals surface area contributed by atoms with Gasteiger partial charge < -0.3 is 14.8 Å². The lowest BCUT2D eigenvalue weighted by Crippen LogP contribution is -2.34. The fourth-order valence-electron chi connectivity index (χ4n) is 3.42. The lowest BCUT2D eigenvalue weighted by molar-refractivity contribution is 0.0924. The van der Waals surface area contributed by atoms with Gasteiger partial charge in [-0.3, -0.25) is 19.7 Å². The van der Waals surface area contributed by atoms with Gasteiger partial charge in [-0.05, 0) is 54.7 Å². The van der Waals surface area contributed by atoms with E-state index >= 15 is 0 Å². The summed E-state index contributed by atoms with van der Waals surface area (Å²) < 4.78 is 10.4. The maximum Gasteiger partial charge on any atom is 0.266 e. The molecule has 9 heteroatoms. The Morgan fingerprint density at radius 1 is 0.848 bits per heavy atom. The van der Waals surface area contributed by atoms with Gasteiger partial charge in [-0.1, -0.05) is 18.2 Å². The molecule has 4 rings (SSSR count). The molecule has 0 bridgehead atoms. The summed E-state index contributed by atoms with van der Waals surface area (Å²) >= 11 is 5.26. The Labute approximate surface area is 195 Å². The zero-order valence-corrected chi connectivity index (χ0v) is 18.6. The first-order chi connectivity index (χ1) is 15.9. The molecule has 0 atom stereocenters. The van der Waals surface area contributed by atoms with E-state index in [-0.39, 0.29) is 5.11 Å². The van der Waals surface area contributed by atoms with Gasteiger partial charge in [0.1, 0.15) is 11.5 Å². The largest absolute Gasteiger partial charge is 0.497 e. The van der Waals surface area contributed by atoms with Crippen molar-refractivity contribution in [1.29, 1.82) is 0 Å². The van der Waals surface area contributed by atoms with E-state index in [0.29, 0.717) is 39.6 Å². The lowest BCUT2D eigenvalue weighted by Gasteiger charge is -2.16. The number of carbonyl (C=O) groups excluding carboxylic acids is 3. The summed E-state index contributed by atoms with van der Waals surface area (Å²) in [6, 6.07) is 18.1. The minimum Gasteiger partial charge on any atom is -0.497 e. The highest BCUT2D eigenvalue weighted by Gasteiger charge is 2.36. The normalized spacial score (nSPS) is 12.2. The maximum absolute atomic E-state index is 12.7. The second kappa shape index (κ2) is 9.09. The molecule has 8 nitrogen and oxygen atoms in total. The predicted molar refractivity (Wildman–Crippen MR) is 127 cm³/mol. The van der Waals surface area contributed by atoms with Gasteiger partial charge >= 0.3 is 0 Å². The Hall–Kier alpha value is -4.24. The zero-order valence-electron chi connectivity index (χ0n) is 17.7. The highest BCUT2D eigenvalue weighted by atomic mass is 32.1. The molecule has 0 unspecified atom stereocenters. The average Bonchev–Trinajstić information content (AvgIpc) is 3.08. The third kappa shape index (κ3) is 4.39. The summed E-state index contributed by atoms with van der Waals surface area (Å²) in [5.41, 5.74) is 1.90. The number of thiocarbonyl (C=S) groups is 1. The van der Waals surface area contributed by atoms with E-state index in [9.17, 15) is 14.4 Å². The van der Waals surface area contributed by atoms with E-state index in [1.165, 1.54) is 14.2 Å². The van der Waals surface area contributed by atoms with Gasteiger partial charge in [0.15, 0.2) is 5.11 Å². The van der Waals surface area contributed by atoms with Crippen molar-refractivity contribution in [1.82, 2.24) is 5.32 Å². The first kappa shape index (κ1) is 22.0. The van der Waals surface area contributed by atoms with Crippen molar-refractivity contribution < 1.29 is 23.9 Å². The van der Waals surface area contributed by atoms with Crippen LogP contribution in [0.25, 0.3) is 0 Å². The van der Waals surface area contributed by atoms with Crippen LogP contribution in [-0.4, -0.2) is 37.1 Å². The molecule has 0 aliphatic carbocycles. The van der Waals surface area contributed by atoms with Crippen molar-refractivity contribution in [2.45, 2.75) is 0 Å². The van der Waals surface area contributed by atoms with Crippen LogP contribution in [0.2, 0.25) is 0 Å². The third-order valence-electron chi connectivity index (χ3n) is 5.00. The van der Waals surface area contributed by atoms with Crippen LogP contribution in [0, 0.1) is 0 Å². The summed E-state index contributed by atoms with van der Waals surface area (Å²) in [4.78, 5) is 39.2. The van der Waals surface area contributed by atoms with Gasteiger partial charge in [-0.25, -0.2) is 4.90 Å². The molecular weight excluding hydrogens is 442 g/mol. The predicted octanol–water partition coefficient (Wildman–Crippen LogP) is 3.63. The van der Waals surface area contributed by atoms with Crippen molar-refractivity contribution in [3.8, 4) is 11.5 Å². The summed E-state index contributed by atoms with van der Waals surface area (Å²) in [5, 5.41) is 5.54. The fraction of sp³-hybridized carbons (Fsp3) is 0.0833. The van der Waals surface area contributed by atoms with Crippen molar-refractivity contribution >= 4 is 46.4 Å². The second-order valence-electron chi connectivity index (χ2n) is 7.05. The van der Waals surface area contributed by atoms with E-state index in [1.54, 1.807) is 66.7 Å². The Morgan fingerprint density at radius 3 is 2.03 bits per heavy atom. The van der Waals surface area contributed by atoms with Crippen molar-refractivity contribution in [3.63, 3.8) is 0 Å².